The first-order chi connectivity index (χ1) is 12.0. The molecule has 25 heavy (non-hydrogen) atoms. The Balaban J connectivity index is 1.40. The summed E-state index contributed by atoms with van der Waals surface area (Å²) in [5.41, 5.74) is 2.14. The summed E-state index contributed by atoms with van der Waals surface area (Å²) in [4.78, 5) is 22.7. The van der Waals surface area contributed by atoms with E-state index < -0.39 is 5.97 Å². The quantitative estimate of drug-likeness (QED) is 0.780. The number of carbonyl (C=O) groups excluding carboxylic acids is 1. The maximum absolute atomic E-state index is 12.9. The number of rotatable bonds is 5. The lowest BCUT2D eigenvalue weighted by molar-refractivity contribution is 0.0697. The van der Waals surface area contributed by atoms with E-state index in [1.165, 1.54) is 24.3 Å². The van der Waals surface area contributed by atoms with Crippen molar-refractivity contribution in [2.75, 3.05) is 0 Å². The third-order valence-electron chi connectivity index (χ3n) is 4.47. The van der Waals surface area contributed by atoms with Gasteiger partial charge in [0.1, 0.15) is 5.82 Å². The molecule has 0 bridgehead atoms. The van der Waals surface area contributed by atoms with Crippen LogP contribution < -0.4 is 10.6 Å². The van der Waals surface area contributed by atoms with Crippen LogP contribution in [0.1, 0.15) is 40.2 Å². The second-order valence-electron chi connectivity index (χ2n) is 6.25. The highest BCUT2D eigenvalue weighted by atomic mass is 19.1. The SMILES string of the molecule is O=C(NCc1ccc(C(=O)O)cc1)NC1CC(c2ccc(F)cc2)C1. The molecule has 3 N–H and O–H groups in total. The van der Waals surface area contributed by atoms with Crippen LogP contribution in [0.25, 0.3) is 0 Å². The number of halogens is 1. The molecule has 0 heterocycles. The predicted molar refractivity (Wildman–Crippen MR) is 90.9 cm³/mol. The summed E-state index contributed by atoms with van der Waals surface area (Å²) in [7, 11) is 0. The Hall–Kier alpha value is -2.89. The fraction of sp³-hybridized carbons (Fsp3) is 0.263. The van der Waals surface area contributed by atoms with Gasteiger partial charge in [-0.15, -0.1) is 0 Å². The Morgan fingerprint density at radius 1 is 1.04 bits per heavy atom. The van der Waals surface area contributed by atoms with Gasteiger partial charge in [-0.2, -0.15) is 0 Å². The molecule has 1 aliphatic rings. The fourth-order valence-electron chi connectivity index (χ4n) is 2.93. The largest absolute Gasteiger partial charge is 0.478 e. The number of carbonyl (C=O) groups is 2. The highest BCUT2D eigenvalue weighted by Crippen LogP contribution is 2.36. The molecular formula is C19H19FN2O3. The normalized spacial score (nSPS) is 18.9. The molecular weight excluding hydrogens is 323 g/mol. The van der Waals surface area contributed by atoms with Crippen molar-refractivity contribution in [1.82, 2.24) is 10.6 Å². The van der Waals surface area contributed by atoms with Crippen molar-refractivity contribution in [3.05, 3.63) is 71.0 Å². The van der Waals surface area contributed by atoms with Gasteiger partial charge in [0.05, 0.1) is 5.56 Å². The van der Waals surface area contributed by atoms with Gasteiger partial charge in [0.15, 0.2) is 0 Å². The van der Waals surface area contributed by atoms with Crippen LogP contribution in [0.4, 0.5) is 9.18 Å². The molecule has 0 aromatic heterocycles. The Labute approximate surface area is 144 Å². The Kier molecular flexibility index (Phi) is 4.97. The number of hydrogen-bond acceptors (Lipinski definition) is 2. The van der Waals surface area contributed by atoms with E-state index in [1.54, 1.807) is 24.3 Å². The van der Waals surface area contributed by atoms with Gasteiger partial charge in [-0.3, -0.25) is 0 Å². The minimum atomic E-state index is -0.974. The lowest BCUT2D eigenvalue weighted by Crippen LogP contribution is -2.47. The average molecular weight is 342 g/mol. The Bertz CT molecular complexity index is 753. The Morgan fingerprint density at radius 3 is 2.28 bits per heavy atom. The highest BCUT2D eigenvalue weighted by molar-refractivity contribution is 5.87. The van der Waals surface area contributed by atoms with E-state index in [4.69, 9.17) is 5.11 Å². The van der Waals surface area contributed by atoms with E-state index in [9.17, 15) is 14.0 Å². The third-order valence-corrected chi connectivity index (χ3v) is 4.47. The minimum absolute atomic E-state index is 0.115. The molecule has 2 aromatic carbocycles. The van der Waals surface area contributed by atoms with Crippen molar-refractivity contribution in [3.63, 3.8) is 0 Å². The third kappa shape index (κ3) is 4.35. The summed E-state index contributed by atoms with van der Waals surface area (Å²) < 4.78 is 12.9. The van der Waals surface area contributed by atoms with Crippen molar-refractivity contribution >= 4 is 12.0 Å². The number of nitrogens with one attached hydrogen (secondary N) is 2. The van der Waals surface area contributed by atoms with Gasteiger partial charge in [-0.1, -0.05) is 24.3 Å². The van der Waals surface area contributed by atoms with Gasteiger partial charge < -0.3 is 15.7 Å². The van der Waals surface area contributed by atoms with Crippen LogP contribution in [-0.2, 0) is 6.54 Å². The first-order valence-electron chi connectivity index (χ1n) is 8.13. The molecule has 6 heteroatoms. The molecule has 2 amide bonds. The van der Waals surface area contributed by atoms with Crippen LogP contribution >= 0.6 is 0 Å². The Morgan fingerprint density at radius 2 is 1.68 bits per heavy atom. The molecule has 130 valence electrons. The van der Waals surface area contributed by atoms with Gasteiger partial charge in [0, 0.05) is 12.6 Å². The zero-order valence-electron chi connectivity index (χ0n) is 13.5. The fourth-order valence-corrected chi connectivity index (χ4v) is 2.93. The van der Waals surface area contributed by atoms with Crippen molar-refractivity contribution in [2.24, 2.45) is 0 Å². The second kappa shape index (κ2) is 7.34. The maximum Gasteiger partial charge on any atom is 0.335 e. The molecule has 5 nitrogen and oxygen atoms in total. The van der Waals surface area contributed by atoms with Crippen LogP contribution in [0.2, 0.25) is 0 Å². The van der Waals surface area contributed by atoms with E-state index in [0.717, 1.165) is 24.0 Å². The summed E-state index contributed by atoms with van der Waals surface area (Å²) >= 11 is 0. The van der Waals surface area contributed by atoms with Gasteiger partial charge in [-0.25, -0.2) is 14.0 Å². The number of benzene rings is 2. The molecule has 0 unspecified atom stereocenters. The topological polar surface area (TPSA) is 78.4 Å². The molecule has 0 atom stereocenters. The molecule has 0 radical (unpaired) electrons. The van der Waals surface area contributed by atoms with Crippen molar-refractivity contribution in [3.8, 4) is 0 Å². The standard InChI is InChI=1S/C19H19FN2O3/c20-16-7-5-13(6-8-16)15-9-17(10-15)22-19(25)21-11-12-1-3-14(4-2-12)18(23)24/h1-8,15,17H,9-11H2,(H,23,24)(H2,21,22,25). The minimum Gasteiger partial charge on any atom is -0.478 e. The second-order valence-corrected chi connectivity index (χ2v) is 6.25. The lowest BCUT2D eigenvalue weighted by atomic mass is 9.76. The summed E-state index contributed by atoms with van der Waals surface area (Å²) in [6.45, 7) is 0.333. The smallest absolute Gasteiger partial charge is 0.335 e. The highest BCUT2D eigenvalue weighted by Gasteiger charge is 2.31. The molecule has 0 saturated heterocycles. The van der Waals surface area contributed by atoms with Crippen LogP contribution in [-0.4, -0.2) is 23.1 Å². The average Bonchev–Trinajstić information content (AvgIpc) is 2.57. The first-order valence-corrected chi connectivity index (χ1v) is 8.13. The number of urea groups is 1. The van der Waals surface area contributed by atoms with Crippen LogP contribution in [0.3, 0.4) is 0 Å². The van der Waals surface area contributed by atoms with Gasteiger partial charge in [0.25, 0.3) is 0 Å². The number of hydrogen-bond donors (Lipinski definition) is 3. The molecule has 1 fully saturated rings. The molecule has 0 aliphatic heterocycles. The zero-order chi connectivity index (χ0) is 17.8. The van der Waals surface area contributed by atoms with Crippen molar-refractivity contribution in [1.29, 1.82) is 0 Å². The lowest BCUT2D eigenvalue weighted by Gasteiger charge is -2.36. The van der Waals surface area contributed by atoms with E-state index in [0.29, 0.717) is 12.5 Å². The number of amides is 2. The number of aromatic carboxylic acids is 1. The van der Waals surface area contributed by atoms with E-state index in [-0.39, 0.29) is 23.5 Å². The molecule has 1 aliphatic carbocycles. The number of carboxylic acids is 1. The molecule has 1 saturated carbocycles. The number of carboxylic acid groups (broad SMARTS) is 1. The van der Waals surface area contributed by atoms with Crippen molar-refractivity contribution in [2.45, 2.75) is 31.3 Å². The first kappa shape index (κ1) is 17.0. The zero-order valence-corrected chi connectivity index (χ0v) is 13.5. The summed E-state index contributed by atoms with van der Waals surface area (Å²) in [6, 6.07) is 12.7. The van der Waals surface area contributed by atoms with Crippen LogP contribution in [0.15, 0.2) is 48.5 Å². The maximum atomic E-state index is 12.9. The van der Waals surface area contributed by atoms with E-state index in [1.807, 2.05) is 0 Å². The van der Waals surface area contributed by atoms with Gasteiger partial charge in [-0.05, 0) is 54.2 Å². The van der Waals surface area contributed by atoms with E-state index >= 15 is 0 Å². The van der Waals surface area contributed by atoms with Gasteiger partial charge >= 0.3 is 12.0 Å². The predicted octanol–water partition coefficient (Wildman–Crippen LogP) is 3.27. The summed E-state index contributed by atoms with van der Waals surface area (Å²) in [6.07, 6.45) is 1.68. The van der Waals surface area contributed by atoms with Crippen LogP contribution in [0.5, 0.6) is 0 Å². The van der Waals surface area contributed by atoms with E-state index in [2.05, 4.69) is 10.6 Å². The molecule has 0 spiro atoms. The van der Waals surface area contributed by atoms with Crippen LogP contribution in [0, 0.1) is 5.82 Å². The monoisotopic (exact) mass is 342 g/mol. The van der Waals surface area contributed by atoms with Crippen molar-refractivity contribution < 1.29 is 19.1 Å². The molecule has 3 rings (SSSR count). The summed E-state index contributed by atoms with van der Waals surface area (Å²) in [5, 5.41) is 14.5. The molecule has 2 aromatic rings. The van der Waals surface area contributed by atoms with Gasteiger partial charge in [0.2, 0.25) is 0 Å². The summed E-state index contributed by atoms with van der Waals surface area (Å²) in [5.74, 6) is -0.860.